The van der Waals surface area contributed by atoms with Crippen LogP contribution in [0.3, 0.4) is 0 Å². The highest BCUT2D eigenvalue weighted by Gasteiger charge is 2.05. The molecule has 7 nitrogen and oxygen atoms in total. The van der Waals surface area contributed by atoms with Gasteiger partial charge in [-0.1, -0.05) is 0 Å². The highest BCUT2D eigenvalue weighted by atomic mass is 15.3. The van der Waals surface area contributed by atoms with Gasteiger partial charge in [-0.15, -0.1) is 0 Å². The molecule has 2 aromatic heterocycles. The molecule has 2 rings (SSSR count). The van der Waals surface area contributed by atoms with Crippen LogP contribution in [0.1, 0.15) is 12.6 Å². The summed E-state index contributed by atoms with van der Waals surface area (Å²) in [5, 5.41) is 7.49. The van der Waals surface area contributed by atoms with Crippen molar-refractivity contribution in [1.29, 1.82) is 0 Å². The first-order valence-electron chi connectivity index (χ1n) is 6.20. The van der Waals surface area contributed by atoms with Crippen molar-refractivity contribution in [3.8, 4) is 0 Å². The third-order valence-corrected chi connectivity index (χ3v) is 2.66. The van der Waals surface area contributed by atoms with Gasteiger partial charge in [-0.3, -0.25) is 4.68 Å². The second kappa shape index (κ2) is 6.24. The van der Waals surface area contributed by atoms with Crippen LogP contribution in [0.25, 0.3) is 0 Å². The van der Waals surface area contributed by atoms with E-state index in [0.29, 0.717) is 12.6 Å². The molecule has 0 spiro atoms. The fraction of sp³-hybridized carbons (Fsp3) is 0.500. The van der Waals surface area contributed by atoms with Gasteiger partial charge in [0.25, 0.3) is 0 Å². The maximum absolute atomic E-state index is 4.46. The van der Waals surface area contributed by atoms with E-state index in [0.717, 1.165) is 18.2 Å². The maximum Gasteiger partial charge on any atom is 0.225 e. The lowest BCUT2D eigenvalue weighted by atomic mass is 10.3. The van der Waals surface area contributed by atoms with Crippen LogP contribution in [0.5, 0.6) is 0 Å². The molecule has 0 saturated carbocycles. The Balaban J connectivity index is 1.86. The third-order valence-electron chi connectivity index (χ3n) is 2.66. The molecule has 0 amide bonds. The summed E-state index contributed by atoms with van der Waals surface area (Å²) >= 11 is 0. The van der Waals surface area contributed by atoms with Gasteiger partial charge in [0.1, 0.15) is 12.7 Å². The Kier molecular flexibility index (Phi) is 4.40. The van der Waals surface area contributed by atoms with Gasteiger partial charge in [0.2, 0.25) is 5.95 Å². The first kappa shape index (κ1) is 13.4. The minimum atomic E-state index is 0.291. The number of hydrogen-bond donors (Lipinski definition) is 1. The quantitative estimate of drug-likeness (QED) is 0.807. The summed E-state index contributed by atoms with van der Waals surface area (Å²) in [7, 11) is 3.86. The zero-order valence-electron chi connectivity index (χ0n) is 11.5. The number of hydrogen-bond acceptors (Lipinski definition) is 6. The van der Waals surface area contributed by atoms with E-state index in [4.69, 9.17) is 0 Å². The molecule has 0 aliphatic rings. The van der Waals surface area contributed by atoms with Gasteiger partial charge in [-0.05, 0) is 13.0 Å². The fourth-order valence-corrected chi connectivity index (χ4v) is 1.65. The molecule has 1 N–H and O–H groups in total. The summed E-state index contributed by atoms with van der Waals surface area (Å²) < 4.78 is 1.81. The number of nitrogens with zero attached hydrogens (tertiary/aromatic N) is 6. The van der Waals surface area contributed by atoms with Gasteiger partial charge in [-0.2, -0.15) is 5.10 Å². The number of anilines is 1. The second-order valence-corrected chi connectivity index (χ2v) is 4.64. The van der Waals surface area contributed by atoms with Crippen molar-refractivity contribution < 1.29 is 0 Å². The van der Waals surface area contributed by atoms with E-state index in [1.807, 2.05) is 29.7 Å². The number of nitrogens with one attached hydrogen (secondary N) is 1. The molecule has 102 valence electrons. The maximum atomic E-state index is 4.46. The first-order valence-corrected chi connectivity index (χ1v) is 6.20. The van der Waals surface area contributed by atoms with Gasteiger partial charge >= 0.3 is 0 Å². The Morgan fingerprint density at radius 1 is 1.42 bits per heavy atom. The SMILES string of the molecule is C[C@@H](Cn1cncn1)NCc1ccnc(N(C)C)n1. The Morgan fingerprint density at radius 2 is 2.26 bits per heavy atom. The summed E-state index contributed by atoms with van der Waals surface area (Å²) in [6.07, 6.45) is 5.04. The van der Waals surface area contributed by atoms with E-state index in [-0.39, 0.29) is 0 Å². The van der Waals surface area contributed by atoms with Crippen molar-refractivity contribution in [2.75, 3.05) is 19.0 Å². The van der Waals surface area contributed by atoms with Crippen LogP contribution in [-0.4, -0.2) is 44.9 Å². The van der Waals surface area contributed by atoms with Crippen LogP contribution in [-0.2, 0) is 13.1 Å². The van der Waals surface area contributed by atoms with Gasteiger partial charge in [0.15, 0.2) is 0 Å². The lowest BCUT2D eigenvalue weighted by Gasteiger charge is -2.14. The molecule has 0 fully saturated rings. The van der Waals surface area contributed by atoms with E-state index < -0.39 is 0 Å². The number of aromatic nitrogens is 5. The lowest BCUT2D eigenvalue weighted by Crippen LogP contribution is -2.30. The Morgan fingerprint density at radius 3 is 2.95 bits per heavy atom. The van der Waals surface area contributed by atoms with Crippen LogP contribution in [0, 0.1) is 0 Å². The van der Waals surface area contributed by atoms with Gasteiger partial charge in [0, 0.05) is 32.9 Å². The van der Waals surface area contributed by atoms with E-state index in [2.05, 4.69) is 32.3 Å². The molecule has 7 heteroatoms. The molecule has 0 bridgehead atoms. The van der Waals surface area contributed by atoms with Crippen LogP contribution >= 0.6 is 0 Å². The third kappa shape index (κ3) is 3.99. The van der Waals surface area contributed by atoms with Crippen molar-refractivity contribution in [3.63, 3.8) is 0 Å². The monoisotopic (exact) mass is 261 g/mol. The van der Waals surface area contributed by atoms with Gasteiger partial charge < -0.3 is 10.2 Å². The molecule has 19 heavy (non-hydrogen) atoms. The van der Waals surface area contributed by atoms with Crippen LogP contribution < -0.4 is 10.2 Å². The van der Waals surface area contributed by atoms with Crippen LogP contribution in [0.2, 0.25) is 0 Å². The standard InChI is InChI=1S/C12H19N7/c1-10(7-19-9-13-8-16-19)15-6-11-4-5-14-12(17-11)18(2)3/h4-5,8-10,15H,6-7H2,1-3H3/t10-/m0/s1. The highest BCUT2D eigenvalue weighted by Crippen LogP contribution is 2.03. The molecule has 0 aromatic carbocycles. The molecule has 0 aliphatic carbocycles. The zero-order valence-corrected chi connectivity index (χ0v) is 11.5. The molecule has 0 aliphatic heterocycles. The van der Waals surface area contributed by atoms with Crippen LogP contribution in [0.15, 0.2) is 24.9 Å². The van der Waals surface area contributed by atoms with E-state index in [1.54, 1.807) is 18.9 Å². The summed E-state index contributed by atoms with van der Waals surface area (Å²) in [6.45, 7) is 3.60. The normalized spacial score (nSPS) is 12.4. The second-order valence-electron chi connectivity index (χ2n) is 4.64. The fourth-order valence-electron chi connectivity index (χ4n) is 1.65. The van der Waals surface area contributed by atoms with Crippen molar-refractivity contribution in [2.24, 2.45) is 0 Å². The minimum absolute atomic E-state index is 0.291. The highest BCUT2D eigenvalue weighted by molar-refractivity contribution is 5.26. The predicted molar refractivity (Wildman–Crippen MR) is 72.7 cm³/mol. The Hall–Kier alpha value is -2.02. The largest absolute Gasteiger partial charge is 0.347 e. The molecule has 2 aromatic rings. The smallest absolute Gasteiger partial charge is 0.225 e. The van der Waals surface area contributed by atoms with Gasteiger partial charge in [-0.25, -0.2) is 15.0 Å². The first-order chi connectivity index (χ1) is 9.15. The summed E-state index contributed by atoms with van der Waals surface area (Å²) in [5.41, 5.74) is 0.976. The minimum Gasteiger partial charge on any atom is -0.347 e. The molecular weight excluding hydrogens is 242 g/mol. The van der Waals surface area contributed by atoms with Gasteiger partial charge in [0.05, 0.1) is 12.2 Å². The van der Waals surface area contributed by atoms with Crippen molar-refractivity contribution in [1.82, 2.24) is 30.0 Å². The van der Waals surface area contributed by atoms with Crippen molar-refractivity contribution >= 4 is 5.95 Å². The summed E-state index contributed by atoms with van der Waals surface area (Å²) in [5.74, 6) is 0.725. The zero-order chi connectivity index (χ0) is 13.7. The molecule has 0 unspecified atom stereocenters. The lowest BCUT2D eigenvalue weighted by molar-refractivity contribution is 0.447. The van der Waals surface area contributed by atoms with Crippen LogP contribution in [0.4, 0.5) is 5.95 Å². The Labute approximate surface area is 112 Å². The molecule has 2 heterocycles. The average Bonchev–Trinajstić information content (AvgIpc) is 2.89. The van der Waals surface area contributed by atoms with E-state index in [1.165, 1.54) is 0 Å². The summed E-state index contributed by atoms with van der Waals surface area (Å²) in [4.78, 5) is 14.5. The van der Waals surface area contributed by atoms with Crippen molar-refractivity contribution in [2.45, 2.75) is 26.1 Å². The topological polar surface area (TPSA) is 71.8 Å². The van der Waals surface area contributed by atoms with E-state index >= 15 is 0 Å². The molecule has 0 saturated heterocycles. The average molecular weight is 261 g/mol. The summed E-state index contributed by atoms with van der Waals surface area (Å²) in [6, 6.07) is 2.21. The number of rotatable bonds is 6. The molecule has 1 atom stereocenters. The predicted octanol–water partition coefficient (Wildman–Crippen LogP) is 0.312. The molecule has 0 radical (unpaired) electrons. The van der Waals surface area contributed by atoms with Crippen molar-refractivity contribution in [3.05, 3.63) is 30.6 Å². The van der Waals surface area contributed by atoms with E-state index in [9.17, 15) is 0 Å². The Bertz CT molecular complexity index is 495. The molecular formula is C12H19N7.